The number of aromatic nitrogens is 1. The Hall–Kier alpha value is -2.17. The Kier molecular flexibility index (Phi) is 3.49. The minimum atomic E-state index is -0.874. The maximum Gasteiger partial charge on any atom is 0.307 e. The molecule has 2 N–H and O–H groups in total. The summed E-state index contributed by atoms with van der Waals surface area (Å²) in [7, 11) is 0. The van der Waals surface area contributed by atoms with Crippen LogP contribution in [-0.2, 0) is 9.59 Å². The smallest absolute Gasteiger partial charge is 0.307 e. The number of carboxylic acids is 1. The van der Waals surface area contributed by atoms with E-state index in [9.17, 15) is 14.7 Å². The van der Waals surface area contributed by atoms with Gasteiger partial charge in [0.1, 0.15) is 0 Å². The molecule has 0 spiro atoms. The van der Waals surface area contributed by atoms with Gasteiger partial charge in [-0.05, 0) is 36.8 Å². The van der Waals surface area contributed by atoms with E-state index in [1.165, 1.54) is 0 Å². The summed E-state index contributed by atoms with van der Waals surface area (Å²) in [4.78, 5) is 28.0. The second-order valence-corrected chi connectivity index (χ2v) is 5.85. The standard InChI is InChI=1S/C16H18N2O3/c1-9(12-3-2-6-17-8-12)18-15(19)13-10-4-5-11(7-10)14(13)16(20)21/h2-6,8-11,13-14H,7H2,1H3,(H,18,19)(H,20,21). The fraction of sp³-hybridized carbons (Fsp3) is 0.438. The number of amides is 1. The lowest BCUT2D eigenvalue weighted by Gasteiger charge is -2.25. The Bertz CT molecular complexity index is 584. The molecule has 110 valence electrons. The molecule has 0 aliphatic heterocycles. The third-order valence-electron chi connectivity index (χ3n) is 4.59. The van der Waals surface area contributed by atoms with Crippen molar-refractivity contribution in [3.8, 4) is 0 Å². The van der Waals surface area contributed by atoms with Gasteiger partial charge in [-0.3, -0.25) is 14.6 Å². The molecule has 1 saturated carbocycles. The highest BCUT2D eigenvalue weighted by atomic mass is 16.4. The molecule has 0 saturated heterocycles. The van der Waals surface area contributed by atoms with Gasteiger partial charge in [-0.15, -0.1) is 0 Å². The number of allylic oxidation sites excluding steroid dienone is 2. The Balaban J connectivity index is 1.73. The van der Waals surface area contributed by atoms with Crippen molar-refractivity contribution in [1.82, 2.24) is 10.3 Å². The van der Waals surface area contributed by atoms with Crippen molar-refractivity contribution >= 4 is 11.9 Å². The van der Waals surface area contributed by atoms with Crippen LogP contribution < -0.4 is 5.32 Å². The van der Waals surface area contributed by atoms with Crippen LogP contribution in [0.2, 0.25) is 0 Å². The molecule has 5 nitrogen and oxygen atoms in total. The topological polar surface area (TPSA) is 79.3 Å². The minimum Gasteiger partial charge on any atom is -0.481 e. The van der Waals surface area contributed by atoms with Gasteiger partial charge in [-0.2, -0.15) is 0 Å². The number of carbonyl (C=O) groups excluding carboxylic acids is 1. The highest BCUT2D eigenvalue weighted by molar-refractivity contribution is 5.87. The molecule has 5 unspecified atom stereocenters. The molecule has 0 aromatic carbocycles. The van der Waals surface area contributed by atoms with E-state index in [-0.39, 0.29) is 23.8 Å². The quantitative estimate of drug-likeness (QED) is 0.827. The number of hydrogen-bond acceptors (Lipinski definition) is 3. The van der Waals surface area contributed by atoms with Crippen LogP contribution in [0.5, 0.6) is 0 Å². The van der Waals surface area contributed by atoms with Crippen molar-refractivity contribution in [2.75, 3.05) is 0 Å². The van der Waals surface area contributed by atoms with Crippen molar-refractivity contribution < 1.29 is 14.7 Å². The lowest BCUT2D eigenvalue weighted by Crippen LogP contribution is -2.41. The molecule has 5 atom stereocenters. The van der Waals surface area contributed by atoms with Gasteiger partial charge in [0.05, 0.1) is 17.9 Å². The molecule has 2 aliphatic rings. The number of carboxylic acid groups (broad SMARTS) is 1. The SMILES string of the molecule is CC(NC(=O)C1C2C=CC(C2)C1C(=O)O)c1cccnc1. The van der Waals surface area contributed by atoms with Gasteiger partial charge in [0.2, 0.25) is 5.91 Å². The highest BCUT2D eigenvalue weighted by Crippen LogP contribution is 2.48. The number of hydrogen-bond donors (Lipinski definition) is 2. The predicted octanol–water partition coefficient (Wildman–Crippen LogP) is 1.78. The van der Waals surface area contributed by atoms with Crippen LogP contribution in [0.3, 0.4) is 0 Å². The van der Waals surface area contributed by atoms with Crippen molar-refractivity contribution in [2.24, 2.45) is 23.7 Å². The molecule has 3 rings (SSSR count). The fourth-order valence-electron chi connectivity index (χ4n) is 3.54. The predicted molar refractivity (Wildman–Crippen MR) is 76.1 cm³/mol. The molecule has 1 aromatic rings. The van der Waals surface area contributed by atoms with Gasteiger partial charge in [0, 0.05) is 12.4 Å². The Morgan fingerprint density at radius 1 is 1.33 bits per heavy atom. The lowest BCUT2D eigenvalue weighted by molar-refractivity contribution is -0.148. The zero-order chi connectivity index (χ0) is 15.0. The summed E-state index contributed by atoms with van der Waals surface area (Å²) < 4.78 is 0. The molecule has 1 heterocycles. The lowest BCUT2D eigenvalue weighted by atomic mass is 9.82. The second kappa shape index (κ2) is 5.31. The van der Waals surface area contributed by atoms with Gasteiger partial charge >= 0.3 is 5.97 Å². The van der Waals surface area contributed by atoms with Crippen molar-refractivity contribution in [3.05, 3.63) is 42.2 Å². The van der Waals surface area contributed by atoms with Crippen LogP contribution in [0, 0.1) is 23.7 Å². The summed E-state index contributed by atoms with van der Waals surface area (Å²) in [5, 5.41) is 12.3. The van der Waals surface area contributed by atoms with Gasteiger partial charge < -0.3 is 10.4 Å². The molecule has 1 amide bonds. The Morgan fingerprint density at radius 3 is 2.67 bits per heavy atom. The molecule has 1 fully saturated rings. The summed E-state index contributed by atoms with van der Waals surface area (Å²) in [6, 6.07) is 3.54. The average molecular weight is 286 g/mol. The summed E-state index contributed by atoms with van der Waals surface area (Å²) in [5.41, 5.74) is 0.913. The maximum absolute atomic E-state index is 12.5. The number of pyridine rings is 1. The first-order valence-corrected chi connectivity index (χ1v) is 7.19. The van der Waals surface area contributed by atoms with E-state index in [1.807, 2.05) is 31.2 Å². The maximum atomic E-state index is 12.5. The van der Waals surface area contributed by atoms with Gasteiger partial charge in [0.25, 0.3) is 0 Å². The first-order chi connectivity index (χ1) is 10.1. The molecule has 5 heteroatoms. The largest absolute Gasteiger partial charge is 0.481 e. The van der Waals surface area contributed by atoms with Gasteiger partial charge in [-0.25, -0.2) is 0 Å². The first kappa shape index (κ1) is 13.8. The number of fused-ring (bicyclic) bond motifs is 2. The normalized spacial score (nSPS) is 31.1. The molecule has 1 aromatic heterocycles. The van der Waals surface area contributed by atoms with Gasteiger partial charge in [-0.1, -0.05) is 18.2 Å². The van der Waals surface area contributed by atoms with E-state index >= 15 is 0 Å². The van der Waals surface area contributed by atoms with E-state index < -0.39 is 17.8 Å². The number of rotatable bonds is 4. The summed E-state index contributed by atoms with van der Waals surface area (Å²) in [6.07, 6.45) is 8.09. The fourth-order valence-corrected chi connectivity index (χ4v) is 3.54. The molecule has 0 radical (unpaired) electrons. The number of aliphatic carboxylic acids is 1. The molecular weight excluding hydrogens is 268 g/mol. The Labute approximate surface area is 123 Å². The number of nitrogens with one attached hydrogen (secondary N) is 1. The summed E-state index contributed by atoms with van der Waals surface area (Å²) in [6.45, 7) is 1.88. The first-order valence-electron chi connectivity index (χ1n) is 7.19. The Morgan fingerprint density at radius 2 is 2.05 bits per heavy atom. The zero-order valence-electron chi connectivity index (χ0n) is 11.8. The van der Waals surface area contributed by atoms with E-state index in [0.717, 1.165) is 12.0 Å². The van der Waals surface area contributed by atoms with E-state index in [2.05, 4.69) is 10.3 Å². The van der Waals surface area contributed by atoms with E-state index in [1.54, 1.807) is 12.4 Å². The number of nitrogens with zero attached hydrogens (tertiary/aromatic N) is 1. The summed E-state index contributed by atoms with van der Waals surface area (Å²) in [5.74, 6) is -2.05. The molecule has 21 heavy (non-hydrogen) atoms. The van der Waals surface area contributed by atoms with Crippen LogP contribution in [0.1, 0.15) is 24.9 Å². The summed E-state index contributed by atoms with van der Waals surface area (Å²) >= 11 is 0. The van der Waals surface area contributed by atoms with E-state index in [0.29, 0.717) is 0 Å². The van der Waals surface area contributed by atoms with Crippen LogP contribution in [-0.4, -0.2) is 22.0 Å². The van der Waals surface area contributed by atoms with Crippen molar-refractivity contribution in [3.63, 3.8) is 0 Å². The number of carbonyl (C=O) groups is 2. The third kappa shape index (κ3) is 2.44. The highest BCUT2D eigenvalue weighted by Gasteiger charge is 2.51. The molecule has 2 bridgehead atoms. The van der Waals surface area contributed by atoms with Crippen molar-refractivity contribution in [2.45, 2.75) is 19.4 Å². The minimum absolute atomic E-state index is 0.00283. The molecular formula is C16H18N2O3. The van der Waals surface area contributed by atoms with Crippen molar-refractivity contribution in [1.29, 1.82) is 0 Å². The zero-order valence-corrected chi connectivity index (χ0v) is 11.8. The van der Waals surface area contributed by atoms with Crippen LogP contribution >= 0.6 is 0 Å². The van der Waals surface area contributed by atoms with E-state index in [4.69, 9.17) is 0 Å². The molecule has 2 aliphatic carbocycles. The van der Waals surface area contributed by atoms with Gasteiger partial charge in [0.15, 0.2) is 0 Å². The average Bonchev–Trinajstić information content (AvgIpc) is 3.08. The monoisotopic (exact) mass is 286 g/mol. The van der Waals surface area contributed by atoms with Crippen LogP contribution in [0.4, 0.5) is 0 Å². The second-order valence-electron chi connectivity index (χ2n) is 5.85. The van der Waals surface area contributed by atoms with Crippen LogP contribution in [0.25, 0.3) is 0 Å². The van der Waals surface area contributed by atoms with Crippen LogP contribution in [0.15, 0.2) is 36.7 Å². The third-order valence-corrected chi connectivity index (χ3v) is 4.59.